The summed E-state index contributed by atoms with van der Waals surface area (Å²) in [7, 11) is 0. The van der Waals surface area contributed by atoms with Crippen molar-refractivity contribution in [3.8, 4) is 0 Å². The molecule has 0 spiro atoms. The van der Waals surface area contributed by atoms with Gasteiger partial charge >= 0.3 is 6.09 Å². The summed E-state index contributed by atoms with van der Waals surface area (Å²) in [5.41, 5.74) is -0.112. The Morgan fingerprint density at radius 2 is 2.04 bits per heavy atom. The monoisotopic (exact) mass is 354 g/mol. The maximum Gasteiger partial charge on any atom is 0.407 e. The van der Waals surface area contributed by atoms with Gasteiger partial charge in [-0.05, 0) is 26.7 Å². The smallest absolute Gasteiger partial charge is 0.407 e. The van der Waals surface area contributed by atoms with Crippen molar-refractivity contribution in [3.05, 3.63) is 22.6 Å². The summed E-state index contributed by atoms with van der Waals surface area (Å²) < 4.78 is 11.9. The molecule has 0 aliphatic heterocycles. The number of rotatable bonds is 9. The first-order valence-corrected chi connectivity index (χ1v) is 8.53. The molecule has 8 nitrogen and oxygen atoms in total. The number of nitrogens with zero attached hydrogens (tertiary/aromatic N) is 2. The van der Waals surface area contributed by atoms with Crippen LogP contribution in [0.3, 0.4) is 0 Å². The third-order valence-corrected chi connectivity index (χ3v) is 2.89. The molecule has 142 valence electrons. The molecule has 0 fully saturated rings. The van der Waals surface area contributed by atoms with E-state index < -0.39 is 11.7 Å². The highest BCUT2D eigenvalue weighted by molar-refractivity contribution is 5.67. The van der Waals surface area contributed by atoms with E-state index in [1.165, 1.54) is 10.7 Å². The molecule has 1 aromatic rings. The molecule has 2 N–H and O–H groups in total. The molecule has 1 heterocycles. The molecule has 1 amide bonds. The normalized spacial score (nSPS) is 11.4. The summed E-state index contributed by atoms with van der Waals surface area (Å²) in [5.74, 6) is 0.463. The first kappa shape index (κ1) is 21.0. The van der Waals surface area contributed by atoms with E-state index in [2.05, 4.69) is 29.6 Å². The Morgan fingerprint density at radius 3 is 2.64 bits per heavy atom. The van der Waals surface area contributed by atoms with Crippen molar-refractivity contribution >= 4 is 11.8 Å². The van der Waals surface area contributed by atoms with E-state index in [1.54, 1.807) is 27.0 Å². The van der Waals surface area contributed by atoms with Crippen LogP contribution in [0, 0.1) is 5.92 Å². The maximum atomic E-state index is 12.0. The summed E-state index contributed by atoms with van der Waals surface area (Å²) in [6.07, 6.45) is 1.11. The second-order valence-corrected chi connectivity index (χ2v) is 7.13. The number of aromatic nitrogens is 2. The number of anilines is 1. The summed E-state index contributed by atoms with van der Waals surface area (Å²) in [6.45, 7) is 11.9. The second-order valence-electron chi connectivity index (χ2n) is 7.13. The topological polar surface area (TPSA) is 94.5 Å². The van der Waals surface area contributed by atoms with Gasteiger partial charge in [0.1, 0.15) is 5.60 Å². The van der Waals surface area contributed by atoms with Crippen LogP contribution in [0.1, 0.15) is 34.6 Å². The molecular weight excluding hydrogens is 324 g/mol. The molecule has 0 unspecified atom stereocenters. The van der Waals surface area contributed by atoms with Gasteiger partial charge in [0.05, 0.1) is 25.0 Å². The predicted octanol–water partition coefficient (Wildman–Crippen LogP) is 1.85. The second kappa shape index (κ2) is 10.0. The molecule has 8 heteroatoms. The Hall–Kier alpha value is -2.09. The average molecular weight is 354 g/mol. The molecule has 0 saturated carbocycles. The van der Waals surface area contributed by atoms with Gasteiger partial charge in [0.15, 0.2) is 0 Å². The lowest BCUT2D eigenvalue weighted by Gasteiger charge is -2.19. The van der Waals surface area contributed by atoms with E-state index in [0.717, 1.165) is 0 Å². The van der Waals surface area contributed by atoms with Crippen LogP contribution >= 0.6 is 0 Å². The minimum Gasteiger partial charge on any atom is -0.444 e. The van der Waals surface area contributed by atoms with Crippen molar-refractivity contribution in [3.63, 3.8) is 0 Å². The van der Waals surface area contributed by atoms with Gasteiger partial charge in [-0.15, -0.1) is 0 Å². The van der Waals surface area contributed by atoms with Crippen molar-refractivity contribution in [2.45, 2.75) is 46.8 Å². The largest absolute Gasteiger partial charge is 0.444 e. The van der Waals surface area contributed by atoms with Gasteiger partial charge in [-0.3, -0.25) is 4.79 Å². The van der Waals surface area contributed by atoms with Crippen LogP contribution in [0.2, 0.25) is 0 Å². The summed E-state index contributed by atoms with van der Waals surface area (Å²) in [4.78, 5) is 23.5. The first-order chi connectivity index (χ1) is 11.7. The van der Waals surface area contributed by atoms with Gasteiger partial charge in [0.2, 0.25) is 0 Å². The zero-order chi connectivity index (χ0) is 18.9. The third-order valence-electron chi connectivity index (χ3n) is 2.89. The van der Waals surface area contributed by atoms with Gasteiger partial charge in [0.25, 0.3) is 5.56 Å². The number of amides is 1. The fourth-order valence-electron chi connectivity index (χ4n) is 1.85. The lowest BCUT2D eigenvalue weighted by molar-refractivity contribution is 0.0530. The summed E-state index contributed by atoms with van der Waals surface area (Å²) in [6, 6.07) is 1.48. The van der Waals surface area contributed by atoms with Gasteiger partial charge in [0, 0.05) is 25.8 Å². The molecule has 0 atom stereocenters. The highest BCUT2D eigenvalue weighted by Gasteiger charge is 2.15. The summed E-state index contributed by atoms with van der Waals surface area (Å²) >= 11 is 0. The molecule has 1 aromatic heterocycles. The van der Waals surface area contributed by atoms with Crippen molar-refractivity contribution in [2.24, 2.45) is 5.92 Å². The number of carbonyl (C=O) groups excluding carboxylic acids is 1. The molecule has 0 aliphatic rings. The van der Waals surface area contributed by atoms with Crippen LogP contribution in [0.5, 0.6) is 0 Å². The van der Waals surface area contributed by atoms with Gasteiger partial charge in [-0.25, -0.2) is 9.48 Å². The van der Waals surface area contributed by atoms with Crippen LogP contribution in [-0.4, -0.2) is 47.8 Å². The number of hydrogen-bond acceptors (Lipinski definition) is 6. The molecule has 0 bridgehead atoms. The molecule has 1 rings (SSSR count). The highest BCUT2D eigenvalue weighted by atomic mass is 16.6. The van der Waals surface area contributed by atoms with Crippen molar-refractivity contribution in [1.29, 1.82) is 0 Å². The highest BCUT2D eigenvalue weighted by Crippen LogP contribution is 2.06. The number of alkyl carbamates (subject to hydrolysis) is 1. The lowest BCUT2D eigenvalue weighted by atomic mass is 10.2. The SMILES string of the molecule is CC(C)COCCn1ncc(NCCNC(=O)OC(C)(C)C)cc1=O. The lowest BCUT2D eigenvalue weighted by Crippen LogP contribution is -2.35. The van der Waals surface area contributed by atoms with Gasteiger partial charge < -0.3 is 20.1 Å². The van der Waals surface area contributed by atoms with Crippen LogP contribution < -0.4 is 16.2 Å². The Labute approximate surface area is 148 Å². The molecule has 0 aromatic carbocycles. The fraction of sp³-hybridized carbons (Fsp3) is 0.706. The average Bonchev–Trinajstić information content (AvgIpc) is 2.47. The zero-order valence-electron chi connectivity index (χ0n) is 15.8. The van der Waals surface area contributed by atoms with Crippen molar-refractivity contribution in [1.82, 2.24) is 15.1 Å². The maximum absolute atomic E-state index is 12.0. The Kier molecular flexibility index (Phi) is 8.40. The van der Waals surface area contributed by atoms with E-state index in [4.69, 9.17) is 9.47 Å². The quantitative estimate of drug-likeness (QED) is 0.657. The van der Waals surface area contributed by atoms with E-state index in [0.29, 0.717) is 44.5 Å². The fourth-order valence-corrected chi connectivity index (χ4v) is 1.85. The third kappa shape index (κ3) is 9.71. The van der Waals surface area contributed by atoms with Crippen LogP contribution in [-0.2, 0) is 16.0 Å². The molecular formula is C17H30N4O4. The number of carbonyl (C=O) groups is 1. The van der Waals surface area contributed by atoms with E-state index in [9.17, 15) is 9.59 Å². The Balaban J connectivity index is 2.32. The predicted molar refractivity (Wildman–Crippen MR) is 96.9 cm³/mol. The van der Waals surface area contributed by atoms with Crippen LogP contribution in [0.15, 0.2) is 17.1 Å². The van der Waals surface area contributed by atoms with E-state index >= 15 is 0 Å². The van der Waals surface area contributed by atoms with E-state index in [1.807, 2.05) is 0 Å². The Bertz CT molecular complexity index is 593. The first-order valence-electron chi connectivity index (χ1n) is 8.53. The van der Waals surface area contributed by atoms with Crippen LogP contribution in [0.4, 0.5) is 10.5 Å². The number of hydrogen-bond donors (Lipinski definition) is 2. The number of nitrogens with one attached hydrogen (secondary N) is 2. The van der Waals surface area contributed by atoms with Crippen molar-refractivity contribution < 1.29 is 14.3 Å². The van der Waals surface area contributed by atoms with Crippen molar-refractivity contribution in [2.75, 3.05) is 31.6 Å². The molecule has 0 aliphatic carbocycles. The summed E-state index contributed by atoms with van der Waals surface area (Å²) in [5, 5.41) is 9.78. The Morgan fingerprint density at radius 1 is 1.32 bits per heavy atom. The number of ether oxygens (including phenoxy) is 2. The zero-order valence-corrected chi connectivity index (χ0v) is 15.8. The molecule has 0 saturated heterocycles. The van der Waals surface area contributed by atoms with Crippen LogP contribution in [0.25, 0.3) is 0 Å². The molecule has 25 heavy (non-hydrogen) atoms. The standard InChI is InChI=1S/C17H30N4O4/c1-13(2)12-24-9-8-21-15(22)10-14(11-20-21)18-6-7-19-16(23)25-17(3,4)5/h10-11,13,18H,6-9,12H2,1-5H3,(H,19,23). The minimum absolute atomic E-state index is 0.196. The minimum atomic E-state index is -0.523. The van der Waals surface area contributed by atoms with Gasteiger partial charge in [-0.1, -0.05) is 13.8 Å². The molecule has 0 radical (unpaired) electrons. The van der Waals surface area contributed by atoms with Gasteiger partial charge in [-0.2, -0.15) is 5.10 Å². The van der Waals surface area contributed by atoms with E-state index in [-0.39, 0.29) is 5.56 Å².